The van der Waals surface area contributed by atoms with E-state index in [0.717, 1.165) is 6.42 Å². The molecule has 8 nitrogen and oxygen atoms in total. The number of amides is 3. The number of rotatable bonds is 12. The minimum Gasteiger partial charge on any atom is -0.394 e. The van der Waals surface area contributed by atoms with E-state index in [0.29, 0.717) is 25.1 Å². The molecule has 3 amide bonds. The number of carbonyl (C=O) groups excluding carboxylic acids is 3. The van der Waals surface area contributed by atoms with Crippen molar-refractivity contribution in [2.24, 2.45) is 23.2 Å². The Hall–Kier alpha value is -2.97. The van der Waals surface area contributed by atoms with Crippen molar-refractivity contribution in [3.8, 4) is 0 Å². The number of aliphatic hydroxyl groups excluding tert-OH is 1. The lowest BCUT2D eigenvalue weighted by Gasteiger charge is -2.47. The van der Waals surface area contributed by atoms with E-state index in [9.17, 15) is 14.7 Å². The molecule has 1 aromatic carbocycles. The summed E-state index contributed by atoms with van der Waals surface area (Å²) in [6, 6.07) is 7.78. The lowest BCUT2D eigenvalue weighted by atomic mass is 9.65. The molecule has 3 saturated heterocycles. The summed E-state index contributed by atoms with van der Waals surface area (Å²) in [4.78, 5) is 49.5. The number of nitrogens with zero attached hydrogens (tertiary/aromatic N) is 3. The van der Waals surface area contributed by atoms with Crippen molar-refractivity contribution in [1.82, 2.24) is 9.80 Å². The standard InChI is InChI=1S/C36H53N3O5/c1-11-20-37(25-16-14-13-15-17-25)30(41)27-28-31(42)39(26(22-40)24(3)4)29(36(28)19-18-35(27,10)44-36)32(43)38(21-12-2)34(8,9)23-33(5,6)7/h11-17,24,26-29,40H,1-2,18-23H2,3-10H3/t26-,27-,28-,29?,35+,36?/m0/s1. The summed E-state index contributed by atoms with van der Waals surface area (Å²) in [7, 11) is 0. The number of anilines is 1. The van der Waals surface area contributed by atoms with E-state index < -0.39 is 40.7 Å². The number of ether oxygens (including phenoxy) is 1. The largest absolute Gasteiger partial charge is 0.394 e. The van der Waals surface area contributed by atoms with Crippen molar-refractivity contribution in [1.29, 1.82) is 0 Å². The van der Waals surface area contributed by atoms with Gasteiger partial charge in [-0.25, -0.2) is 0 Å². The average Bonchev–Trinajstić information content (AvgIpc) is 3.50. The second kappa shape index (κ2) is 12.1. The first-order valence-corrected chi connectivity index (χ1v) is 16.0. The lowest BCUT2D eigenvalue weighted by Crippen LogP contribution is -2.63. The van der Waals surface area contributed by atoms with Gasteiger partial charge in [-0.05, 0) is 63.5 Å². The molecule has 44 heavy (non-hydrogen) atoms. The van der Waals surface area contributed by atoms with E-state index in [1.807, 2.05) is 56.0 Å². The molecule has 1 spiro atoms. The molecular formula is C36H53N3O5. The zero-order chi connectivity index (χ0) is 32.8. The molecule has 4 rings (SSSR count). The van der Waals surface area contributed by atoms with Gasteiger partial charge in [0.05, 0.1) is 30.1 Å². The van der Waals surface area contributed by atoms with Gasteiger partial charge in [-0.2, -0.15) is 0 Å². The van der Waals surface area contributed by atoms with Gasteiger partial charge in [0, 0.05) is 24.3 Å². The maximum Gasteiger partial charge on any atom is 0.249 e. The Bertz CT molecular complexity index is 1270. The van der Waals surface area contributed by atoms with Gasteiger partial charge < -0.3 is 24.5 Å². The predicted molar refractivity (Wildman–Crippen MR) is 174 cm³/mol. The molecule has 2 unspecified atom stereocenters. The van der Waals surface area contributed by atoms with Crippen LogP contribution >= 0.6 is 0 Å². The van der Waals surface area contributed by atoms with Gasteiger partial charge in [-0.3, -0.25) is 14.4 Å². The molecule has 1 N–H and O–H groups in total. The molecule has 0 aromatic heterocycles. The summed E-state index contributed by atoms with van der Waals surface area (Å²) in [5, 5.41) is 10.6. The fraction of sp³-hybridized carbons (Fsp3) is 0.639. The number of likely N-dealkylation sites (tertiary alicyclic amines) is 1. The Balaban J connectivity index is 1.87. The second-order valence-electron chi connectivity index (χ2n) is 15.3. The summed E-state index contributed by atoms with van der Waals surface area (Å²) in [5.41, 5.74) is -2.04. The van der Waals surface area contributed by atoms with E-state index in [4.69, 9.17) is 4.74 Å². The predicted octanol–water partition coefficient (Wildman–Crippen LogP) is 5.22. The number of hydrogen-bond donors (Lipinski definition) is 1. The zero-order valence-corrected chi connectivity index (χ0v) is 28.0. The third-order valence-electron chi connectivity index (χ3n) is 9.95. The number of aliphatic hydroxyl groups is 1. The van der Waals surface area contributed by atoms with Crippen LogP contribution in [0.1, 0.15) is 74.7 Å². The van der Waals surface area contributed by atoms with Crippen LogP contribution in [0.3, 0.4) is 0 Å². The van der Waals surface area contributed by atoms with Crippen LogP contribution < -0.4 is 4.90 Å². The van der Waals surface area contributed by atoms with Crippen LogP contribution in [0.2, 0.25) is 0 Å². The highest BCUT2D eigenvalue weighted by Gasteiger charge is 2.79. The molecular weight excluding hydrogens is 554 g/mol. The Morgan fingerprint density at radius 3 is 2.20 bits per heavy atom. The summed E-state index contributed by atoms with van der Waals surface area (Å²) in [6.45, 7) is 24.4. The Morgan fingerprint density at radius 2 is 1.68 bits per heavy atom. The second-order valence-corrected chi connectivity index (χ2v) is 15.3. The Morgan fingerprint density at radius 1 is 1.07 bits per heavy atom. The molecule has 242 valence electrons. The number of fused-ring (bicyclic) bond motifs is 1. The van der Waals surface area contributed by atoms with Crippen LogP contribution in [0, 0.1) is 23.2 Å². The maximum atomic E-state index is 15.0. The first-order valence-electron chi connectivity index (χ1n) is 16.0. The molecule has 3 aliphatic heterocycles. The lowest BCUT2D eigenvalue weighted by molar-refractivity contribution is -0.159. The van der Waals surface area contributed by atoms with Crippen LogP contribution in [0.5, 0.6) is 0 Å². The molecule has 2 bridgehead atoms. The minimum atomic E-state index is -1.20. The van der Waals surface area contributed by atoms with Crippen LogP contribution in [0.15, 0.2) is 55.6 Å². The monoisotopic (exact) mass is 607 g/mol. The molecule has 0 aliphatic carbocycles. The third kappa shape index (κ3) is 5.64. The minimum absolute atomic E-state index is 0.0693. The zero-order valence-electron chi connectivity index (χ0n) is 28.0. The SMILES string of the molecule is C=CCN(C(=O)[C@@H]1[C@H]2C(=O)N([C@@H](CO)C(C)C)C(C(=O)N(CC=C)C(C)(C)CC(C)(C)C)C23CC[C@@]1(C)O3)c1ccccc1. The van der Waals surface area contributed by atoms with Crippen molar-refractivity contribution >= 4 is 23.4 Å². The van der Waals surface area contributed by atoms with E-state index in [-0.39, 0.29) is 42.2 Å². The first-order chi connectivity index (χ1) is 20.5. The normalized spacial score (nSPS) is 28.6. The van der Waals surface area contributed by atoms with Crippen molar-refractivity contribution in [3.63, 3.8) is 0 Å². The molecule has 0 radical (unpaired) electrons. The van der Waals surface area contributed by atoms with E-state index in [1.54, 1.807) is 22.0 Å². The highest BCUT2D eigenvalue weighted by atomic mass is 16.5. The number of benzene rings is 1. The summed E-state index contributed by atoms with van der Waals surface area (Å²) in [6.07, 6.45) is 5.13. The fourth-order valence-electron chi connectivity index (χ4n) is 8.53. The van der Waals surface area contributed by atoms with Crippen LogP contribution in [0.25, 0.3) is 0 Å². The molecule has 3 fully saturated rings. The van der Waals surface area contributed by atoms with Gasteiger partial charge in [-0.1, -0.05) is 65.0 Å². The van der Waals surface area contributed by atoms with Gasteiger partial charge in [0.2, 0.25) is 17.7 Å². The van der Waals surface area contributed by atoms with E-state index >= 15 is 4.79 Å². The van der Waals surface area contributed by atoms with E-state index in [1.165, 1.54) is 0 Å². The van der Waals surface area contributed by atoms with Gasteiger partial charge in [0.1, 0.15) is 11.6 Å². The number of carbonyl (C=O) groups is 3. The van der Waals surface area contributed by atoms with Crippen molar-refractivity contribution in [3.05, 3.63) is 55.6 Å². The first kappa shape index (κ1) is 33.9. The molecule has 1 aromatic rings. The van der Waals surface area contributed by atoms with Crippen LogP contribution in [0.4, 0.5) is 5.69 Å². The molecule has 3 aliphatic rings. The van der Waals surface area contributed by atoms with Gasteiger partial charge in [0.25, 0.3) is 0 Å². The summed E-state index contributed by atoms with van der Waals surface area (Å²) < 4.78 is 6.93. The number of hydrogen-bond acceptors (Lipinski definition) is 5. The molecule has 3 heterocycles. The summed E-state index contributed by atoms with van der Waals surface area (Å²) in [5.74, 6) is -2.52. The average molecular weight is 608 g/mol. The van der Waals surface area contributed by atoms with Gasteiger partial charge in [0.15, 0.2) is 0 Å². The van der Waals surface area contributed by atoms with Crippen molar-refractivity contribution in [2.75, 3.05) is 24.6 Å². The molecule has 0 saturated carbocycles. The summed E-state index contributed by atoms with van der Waals surface area (Å²) >= 11 is 0. The highest BCUT2D eigenvalue weighted by molar-refractivity contribution is 6.03. The van der Waals surface area contributed by atoms with Crippen LogP contribution in [-0.4, -0.2) is 81.1 Å². The molecule has 8 heteroatoms. The van der Waals surface area contributed by atoms with Gasteiger partial charge >= 0.3 is 0 Å². The fourth-order valence-corrected chi connectivity index (χ4v) is 8.53. The van der Waals surface area contributed by atoms with Crippen molar-refractivity contribution in [2.45, 2.75) is 103 Å². The smallest absolute Gasteiger partial charge is 0.249 e. The van der Waals surface area contributed by atoms with Crippen molar-refractivity contribution < 1.29 is 24.2 Å². The van der Waals surface area contributed by atoms with Crippen LogP contribution in [-0.2, 0) is 19.1 Å². The highest BCUT2D eigenvalue weighted by Crippen LogP contribution is 2.64. The maximum absolute atomic E-state index is 15.0. The van der Waals surface area contributed by atoms with Gasteiger partial charge in [-0.15, -0.1) is 13.2 Å². The third-order valence-corrected chi connectivity index (χ3v) is 9.95. The van der Waals surface area contributed by atoms with E-state index in [2.05, 4.69) is 47.8 Å². The Kier molecular flexibility index (Phi) is 9.32. The molecule has 6 atom stereocenters. The number of para-hydroxylation sites is 1. The quantitative estimate of drug-likeness (QED) is 0.329. The topological polar surface area (TPSA) is 90.4 Å². The Labute approximate surface area is 264 Å².